The number of carbonyl (C=O) groups is 3. The summed E-state index contributed by atoms with van der Waals surface area (Å²) < 4.78 is 5.28. The van der Waals surface area contributed by atoms with Gasteiger partial charge in [-0.2, -0.15) is 0 Å². The highest BCUT2D eigenvalue weighted by Crippen LogP contribution is 2.14. The van der Waals surface area contributed by atoms with E-state index in [2.05, 4.69) is 0 Å². The number of amides is 4. The van der Waals surface area contributed by atoms with E-state index in [-0.39, 0.29) is 5.57 Å². The first-order valence-electron chi connectivity index (χ1n) is 6.61. The fourth-order valence-corrected chi connectivity index (χ4v) is 2.12. The Morgan fingerprint density at radius 3 is 2.23 bits per heavy atom. The van der Waals surface area contributed by atoms with Crippen LogP contribution in [-0.4, -0.2) is 17.8 Å². The minimum absolute atomic E-state index is 0.0987. The van der Waals surface area contributed by atoms with E-state index in [0.717, 1.165) is 11.3 Å². The minimum atomic E-state index is -0.805. The molecule has 4 amide bonds. The van der Waals surface area contributed by atoms with Crippen molar-refractivity contribution in [2.45, 2.75) is 6.42 Å². The van der Waals surface area contributed by atoms with Gasteiger partial charge in [0.05, 0.1) is 6.26 Å². The Balaban J connectivity index is 1.78. The first-order valence-corrected chi connectivity index (χ1v) is 6.61. The van der Waals surface area contributed by atoms with Crippen molar-refractivity contribution in [3.8, 4) is 0 Å². The molecule has 1 aliphatic heterocycles. The van der Waals surface area contributed by atoms with Crippen molar-refractivity contribution in [2.24, 2.45) is 0 Å². The molecule has 0 saturated carbocycles. The third-order valence-corrected chi connectivity index (χ3v) is 3.19. The van der Waals surface area contributed by atoms with Crippen molar-refractivity contribution in [1.82, 2.24) is 10.6 Å². The number of rotatable bonds is 3. The fourth-order valence-electron chi connectivity index (χ4n) is 2.12. The number of urea groups is 1. The SMILES string of the molecule is O=C1NC(=O)C(=Cc2ccc(Cc3ccco3)cc2)C(=O)N1. The predicted octanol–water partition coefficient (Wildman–Crippen LogP) is 1.62. The molecule has 2 aromatic rings. The molecule has 6 heteroatoms. The Hall–Kier alpha value is -3.15. The van der Waals surface area contributed by atoms with E-state index in [9.17, 15) is 14.4 Å². The summed E-state index contributed by atoms with van der Waals surface area (Å²) in [5, 5.41) is 4.06. The smallest absolute Gasteiger partial charge is 0.328 e. The molecule has 0 radical (unpaired) electrons. The molecule has 110 valence electrons. The maximum absolute atomic E-state index is 11.6. The number of furan rings is 1. The average Bonchev–Trinajstić information content (AvgIpc) is 2.97. The summed E-state index contributed by atoms with van der Waals surface area (Å²) in [6.07, 6.45) is 3.73. The minimum Gasteiger partial charge on any atom is -0.469 e. The number of barbiturate groups is 1. The van der Waals surface area contributed by atoms with Gasteiger partial charge in [-0.15, -0.1) is 0 Å². The van der Waals surface area contributed by atoms with Crippen LogP contribution in [0.15, 0.2) is 52.7 Å². The second-order valence-corrected chi connectivity index (χ2v) is 4.79. The molecule has 1 aromatic carbocycles. The standard InChI is InChI=1S/C16H12N2O4/c19-14-13(15(20)18-16(21)17-14)9-11-5-3-10(4-6-11)8-12-2-1-7-22-12/h1-7,9H,8H2,(H2,17,18,19,20,21). The lowest BCUT2D eigenvalue weighted by atomic mass is 10.0. The molecular weight excluding hydrogens is 284 g/mol. The Labute approximate surface area is 125 Å². The molecule has 1 fully saturated rings. The Bertz CT molecular complexity index is 736. The van der Waals surface area contributed by atoms with Crippen LogP contribution in [0, 0.1) is 0 Å². The number of nitrogens with one attached hydrogen (secondary N) is 2. The van der Waals surface area contributed by atoms with Gasteiger partial charge in [0.2, 0.25) is 0 Å². The van der Waals surface area contributed by atoms with Gasteiger partial charge < -0.3 is 4.42 Å². The summed E-state index contributed by atoms with van der Waals surface area (Å²) in [7, 11) is 0. The van der Waals surface area contributed by atoms with Gasteiger partial charge in [-0.1, -0.05) is 24.3 Å². The van der Waals surface area contributed by atoms with Crippen LogP contribution in [0.5, 0.6) is 0 Å². The molecule has 1 aliphatic rings. The Kier molecular flexibility index (Phi) is 3.57. The van der Waals surface area contributed by atoms with E-state index in [4.69, 9.17) is 4.42 Å². The van der Waals surface area contributed by atoms with Gasteiger partial charge in [0.15, 0.2) is 0 Å². The highest BCUT2D eigenvalue weighted by molar-refractivity contribution is 6.31. The molecule has 0 unspecified atom stereocenters. The molecule has 3 rings (SSSR count). The third kappa shape index (κ3) is 2.95. The molecule has 0 bridgehead atoms. The summed E-state index contributed by atoms with van der Waals surface area (Å²) >= 11 is 0. The number of hydrogen-bond acceptors (Lipinski definition) is 4. The third-order valence-electron chi connectivity index (χ3n) is 3.19. The second-order valence-electron chi connectivity index (χ2n) is 4.79. The van der Waals surface area contributed by atoms with Crippen LogP contribution in [0.25, 0.3) is 6.08 Å². The van der Waals surface area contributed by atoms with Crippen molar-refractivity contribution in [2.75, 3.05) is 0 Å². The van der Waals surface area contributed by atoms with E-state index in [0.29, 0.717) is 12.0 Å². The monoisotopic (exact) mass is 296 g/mol. The second kappa shape index (κ2) is 5.69. The zero-order valence-corrected chi connectivity index (χ0v) is 11.5. The summed E-state index contributed by atoms with van der Waals surface area (Å²) in [4.78, 5) is 34.2. The van der Waals surface area contributed by atoms with Crippen molar-refractivity contribution in [3.63, 3.8) is 0 Å². The summed E-state index contributed by atoms with van der Waals surface area (Å²) in [6.45, 7) is 0. The van der Waals surface area contributed by atoms with Crippen LogP contribution < -0.4 is 10.6 Å². The zero-order chi connectivity index (χ0) is 15.5. The van der Waals surface area contributed by atoms with Gasteiger partial charge >= 0.3 is 6.03 Å². The quantitative estimate of drug-likeness (QED) is 0.665. The van der Waals surface area contributed by atoms with Gasteiger partial charge in [-0.05, 0) is 29.3 Å². The molecule has 22 heavy (non-hydrogen) atoms. The van der Waals surface area contributed by atoms with E-state index >= 15 is 0 Å². The average molecular weight is 296 g/mol. The van der Waals surface area contributed by atoms with Crippen molar-refractivity contribution < 1.29 is 18.8 Å². The Morgan fingerprint density at radius 1 is 0.955 bits per heavy atom. The van der Waals surface area contributed by atoms with Crippen LogP contribution in [0.4, 0.5) is 4.79 Å². The normalized spacial score (nSPS) is 14.5. The lowest BCUT2D eigenvalue weighted by Crippen LogP contribution is -2.51. The number of benzene rings is 1. The number of carbonyl (C=O) groups excluding carboxylic acids is 3. The predicted molar refractivity (Wildman–Crippen MR) is 77.6 cm³/mol. The topological polar surface area (TPSA) is 88.4 Å². The molecule has 1 saturated heterocycles. The van der Waals surface area contributed by atoms with Gasteiger partial charge in [0.25, 0.3) is 11.8 Å². The van der Waals surface area contributed by atoms with Crippen molar-refractivity contribution in [3.05, 3.63) is 65.1 Å². The summed E-state index contributed by atoms with van der Waals surface area (Å²) in [5.41, 5.74) is 1.64. The highest BCUT2D eigenvalue weighted by atomic mass is 16.3. The van der Waals surface area contributed by atoms with Crippen molar-refractivity contribution in [1.29, 1.82) is 0 Å². The van der Waals surface area contributed by atoms with Gasteiger partial charge in [-0.3, -0.25) is 20.2 Å². The molecule has 1 aromatic heterocycles. The lowest BCUT2D eigenvalue weighted by Gasteiger charge is -2.13. The van der Waals surface area contributed by atoms with Crippen LogP contribution in [0.3, 0.4) is 0 Å². The Morgan fingerprint density at radius 2 is 1.64 bits per heavy atom. The van der Waals surface area contributed by atoms with E-state index < -0.39 is 17.8 Å². The fraction of sp³-hybridized carbons (Fsp3) is 0.0625. The van der Waals surface area contributed by atoms with Crippen LogP contribution in [-0.2, 0) is 16.0 Å². The molecule has 0 aliphatic carbocycles. The van der Waals surface area contributed by atoms with Crippen molar-refractivity contribution >= 4 is 23.9 Å². The molecule has 0 atom stereocenters. The number of hydrogen-bond donors (Lipinski definition) is 2. The van der Waals surface area contributed by atoms with E-state index in [1.807, 2.05) is 34.9 Å². The maximum atomic E-state index is 11.6. The molecule has 6 nitrogen and oxygen atoms in total. The molecule has 0 spiro atoms. The van der Waals surface area contributed by atoms with Crippen LogP contribution in [0.1, 0.15) is 16.9 Å². The summed E-state index contributed by atoms with van der Waals surface area (Å²) in [5.74, 6) is -0.544. The maximum Gasteiger partial charge on any atom is 0.328 e. The molecule has 2 heterocycles. The highest BCUT2D eigenvalue weighted by Gasteiger charge is 2.27. The van der Waals surface area contributed by atoms with E-state index in [1.165, 1.54) is 6.08 Å². The van der Waals surface area contributed by atoms with Crippen LogP contribution >= 0.6 is 0 Å². The first-order chi connectivity index (χ1) is 10.6. The first kappa shape index (κ1) is 13.8. The summed E-state index contributed by atoms with van der Waals surface area (Å²) in [6, 6.07) is 10.3. The van der Waals surface area contributed by atoms with Gasteiger partial charge in [0.1, 0.15) is 11.3 Å². The lowest BCUT2D eigenvalue weighted by molar-refractivity contribution is -0.123. The molecular formula is C16H12N2O4. The molecule has 2 N–H and O–H groups in total. The van der Waals surface area contributed by atoms with Gasteiger partial charge in [0, 0.05) is 6.42 Å². The number of imide groups is 2. The van der Waals surface area contributed by atoms with Gasteiger partial charge in [-0.25, -0.2) is 4.79 Å². The zero-order valence-electron chi connectivity index (χ0n) is 11.5. The largest absolute Gasteiger partial charge is 0.469 e. The van der Waals surface area contributed by atoms with Crippen LogP contribution in [0.2, 0.25) is 0 Å². The van der Waals surface area contributed by atoms with E-state index in [1.54, 1.807) is 18.4 Å².